The van der Waals surface area contributed by atoms with Crippen LogP contribution in [0.2, 0.25) is 0 Å². The SMILES string of the molecule is N#C/C(=C\C1CC1)C(=O)N1CC[C@@H](Nc2n[nH]c3nccc(Oc4ccc(Oc5ccccc5)cc4)c23)C1. The summed E-state index contributed by atoms with van der Waals surface area (Å²) in [6.07, 6.45) is 6.34. The number of allylic oxidation sites excluding steroid dienone is 1. The van der Waals surface area contributed by atoms with E-state index in [4.69, 9.17) is 9.47 Å². The van der Waals surface area contributed by atoms with Crippen LogP contribution in [0.15, 0.2) is 78.5 Å². The van der Waals surface area contributed by atoms with E-state index in [0.717, 1.165) is 30.4 Å². The molecule has 1 amide bonds. The highest BCUT2D eigenvalue weighted by atomic mass is 16.5. The third-order valence-corrected chi connectivity index (χ3v) is 6.65. The van der Waals surface area contributed by atoms with Crippen molar-refractivity contribution in [2.45, 2.75) is 25.3 Å². The lowest BCUT2D eigenvalue weighted by molar-refractivity contribution is -0.125. The second kappa shape index (κ2) is 10.3. The molecule has 0 radical (unpaired) electrons. The maximum atomic E-state index is 12.8. The van der Waals surface area contributed by atoms with Crippen molar-refractivity contribution in [2.75, 3.05) is 18.4 Å². The van der Waals surface area contributed by atoms with Crippen LogP contribution in [0, 0.1) is 17.2 Å². The quantitative estimate of drug-likeness (QED) is 0.242. The Morgan fingerprint density at radius 2 is 1.76 bits per heavy atom. The Kier molecular flexibility index (Phi) is 6.36. The largest absolute Gasteiger partial charge is 0.457 e. The maximum absolute atomic E-state index is 12.8. The average molecular weight is 507 g/mol. The van der Waals surface area contributed by atoms with Crippen LogP contribution in [-0.2, 0) is 4.79 Å². The number of rotatable bonds is 8. The van der Waals surface area contributed by atoms with E-state index >= 15 is 0 Å². The van der Waals surface area contributed by atoms with Crippen molar-refractivity contribution in [2.24, 2.45) is 5.92 Å². The number of likely N-dealkylation sites (tertiary alicyclic amines) is 1. The summed E-state index contributed by atoms with van der Waals surface area (Å²) in [4.78, 5) is 18.9. The highest BCUT2D eigenvalue weighted by Crippen LogP contribution is 2.35. The number of hydrogen-bond donors (Lipinski definition) is 2. The van der Waals surface area contributed by atoms with E-state index in [2.05, 4.69) is 26.6 Å². The van der Waals surface area contributed by atoms with Crippen LogP contribution in [0.25, 0.3) is 11.0 Å². The summed E-state index contributed by atoms with van der Waals surface area (Å²) in [6, 6.07) is 20.9. The number of aromatic amines is 1. The number of nitrogens with one attached hydrogen (secondary N) is 2. The number of nitriles is 1. The van der Waals surface area contributed by atoms with Crippen molar-refractivity contribution < 1.29 is 14.3 Å². The van der Waals surface area contributed by atoms with Crippen LogP contribution in [0.3, 0.4) is 0 Å². The number of ether oxygens (including phenoxy) is 2. The second-order valence-corrected chi connectivity index (χ2v) is 9.50. The molecule has 2 aromatic heterocycles. The molecule has 1 saturated carbocycles. The van der Waals surface area contributed by atoms with E-state index in [1.54, 1.807) is 17.2 Å². The van der Waals surface area contributed by atoms with Crippen LogP contribution in [0.4, 0.5) is 5.82 Å². The molecule has 2 aromatic carbocycles. The van der Waals surface area contributed by atoms with Gasteiger partial charge < -0.3 is 19.7 Å². The molecule has 3 heterocycles. The smallest absolute Gasteiger partial charge is 0.264 e. The number of hydrogen-bond acceptors (Lipinski definition) is 7. The summed E-state index contributed by atoms with van der Waals surface area (Å²) in [6.45, 7) is 1.08. The first-order chi connectivity index (χ1) is 18.7. The third-order valence-electron chi connectivity index (χ3n) is 6.65. The minimum atomic E-state index is -0.194. The molecule has 1 aliphatic heterocycles. The zero-order chi connectivity index (χ0) is 25.9. The van der Waals surface area contributed by atoms with Gasteiger partial charge in [-0.3, -0.25) is 9.89 Å². The molecule has 0 bridgehead atoms. The zero-order valence-corrected chi connectivity index (χ0v) is 20.6. The van der Waals surface area contributed by atoms with E-state index in [1.165, 1.54) is 0 Å². The summed E-state index contributed by atoms with van der Waals surface area (Å²) in [5.74, 6) is 3.52. The zero-order valence-electron chi connectivity index (χ0n) is 20.6. The number of para-hydroxylation sites is 1. The van der Waals surface area contributed by atoms with Crippen molar-refractivity contribution in [3.05, 3.63) is 78.5 Å². The van der Waals surface area contributed by atoms with Crippen LogP contribution < -0.4 is 14.8 Å². The van der Waals surface area contributed by atoms with E-state index in [-0.39, 0.29) is 17.5 Å². The predicted molar refractivity (Wildman–Crippen MR) is 142 cm³/mol. The topological polar surface area (TPSA) is 116 Å². The fourth-order valence-electron chi connectivity index (χ4n) is 4.52. The minimum absolute atomic E-state index is 0.00575. The lowest BCUT2D eigenvalue weighted by atomic mass is 10.2. The Bertz CT molecular complexity index is 1520. The maximum Gasteiger partial charge on any atom is 0.264 e. The first-order valence-corrected chi connectivity index (χ1v) is 12.7. The summed E-state index contributed by atoms with van der Waals surface area (Å²) in [7, 11) is 0. The lowest BCUT2D eigenvalue weighted by Crippen LogP contribution is -2.32. The van der Waals surface area contributed by atoms with Gasteiger partial charge in [-0.1, -0.05) is 24.3 Å². The van der Waals surface area contributed by atoms with E-state index in [1.807, 2.05) is 60.7 Å². The van der Waals surface area contributed by atoms with E-state index < -0.39 is 0 Å². The minimum Gasteiger partial charge on any atom is -0.457 e. The standard InChI is InChI=1S/C29H26N6O3/c30-17-20(16-19-6-7-19)29(36)35-15-13-21(18-35)32-28-26-25(12-14-31-27(26)33-34-28)38-24-10-8-23(9-11-24)37-22-4-2-1-3-5-22/h1-5,8-12,14,16,19,21H,6-7,13,15,18H2,(H2,31,32,33,34)/b20-16+/t21-/m1/s1. The second-order valence-electron chi connectivity index (χ2n) is 9.50. The number of anilines is 1. The fourth-order valence-corrected chi connectivity index (χ4v) is 4.52. The van der Waals surface area contributed by atoms with Gasteiger partial charge in [-0.25, -0.2) is 4.98 Å². The number of nitrogens with zero attached hydrogens (tertiary/aromatic N) is 4. The number of benzene rings is 2. The highest BCUT2D eigenvalue weighted by molar-refractivity contribution is 5.97. The molecule has 4 aromatic rings. The van der Waals surface area contributed by atoms with Gasteiger partial charge in [0.15, 0.2) is 11.5 Å². The molecule has 9 nitrogen and oxygen atoms in total. The molecule has 1 atom stereocenters. The molecule has 0 unspecified atom stereocenters. The van der Waals surface area contributed by atoms with Gasteiger partial charge in [-0.2, -0.15) is 10.4 Å². The van der Waals surface area contributed by atoms with Gasteiger partial charge in [0.25, 0.3) is 5.91 Å². The van der Waals surface area contributed by atoms with Crippen molar-refractivity contribution in [1.82, 2.24) is 20.1 Å². The fraction of sp³-hybridized carbons (Fsp3) is 0.241. The highest BCUT2D eigenvalue weighted by Gasteiger charge is 2.30. The Morgan fingerprint density at radius 1 is 1.03 bits per heavy atom. The number of fused-ring (bicyclic) bond motifs is 1. The number of carbonyl (C=O) groups is 1. The Balaban J connectivity index is 1.15. The molecule has 1 saturated heterocycles. The molecule has 0 spiro atoms. The molecule has 2 N–H and O–H groups in total. The number of H-pyrrole nitrogens is 1. The summed E-state index contributed by atoms with van der Waals surface area (Å²) >= 11 is 0. The van der Waals surface area contributed by atoms with Gasteiger partial charge in [-0.15, -0.1) is 0 Å². The first kappa shape index (κ1) is 23.6. The first-order valence-electron chi connectivity index (χ1n) is 12.7. The predicted octanol–water partition coefficient (Wildman–Crippen LogP) is 5.42. The number of pyridine rings is 1. The number of carbonyl (C=O) groups excluding carboxylic acids is 1. The molecule has 6 rings (SSSR count). The monoisotopic (exact) mass is 506 g/mol. The number of amides is 1. The molecule has 38 heavy (non-hydrogen) atoms. The Labute approximate surface area is 219 Å². The molecule has 190 valence electrons. The Morgan fingerprint density at radius 3 is 2.50 bits per heavy atom. The van der Waals surface area contributed by atoms with Gasteiger partial charge in [-0.05, 0) is 61.6 Å². The van der Waals surface area contributed by atoms with Crippen LogP contribution in [-0.4, -0.2) is 45.1 Å². The summed E-state index contributed by atoms with van der Waals surface area (Å²) in [5.41, 5.74) is 0.845. The van der Waals surface area contributed by atoms with Crippen LogP contribution >= 0.6 is 0 Å². The molecule has 2 aliphatic rings. The molecule has 9 heteroatoms. The van der Waals surface area contributed by atoms with Crippen molar-refractivity contribution in [1.29, 1.82) is 5.26 Å². The molecular formula is C29H26N6O3. The normalized spacial score (nSPS) is 17.3. The molecule has 2 fully saturated rings. The van der Waals surface area contributed by atoms with Gasteiger partial charge in [0.2, 0.25) is 0 Å². The van der Waals surface area contributed by atoms with Gasteiger partial charge >= 0.3 is 0 Å². The third kappa shape index (κ3) is 5.15. The van der Waals surface area contributed by atoms with Crippen molar-refractivity contribution >= 4 is 22.8 Å². The van der Waals surface area contributed by atoms with Crippen LogP contribution in [0.1, 0.15) is 19.3 Å². The van der Waals surface area contributed by atoms with Crippen molar-refractivity contribution in [3.63, 3.8) is 0 Å². The van der Waals surface area contributed by atoms with Crippen molar-refractivity contribution in [3.8, 4) is 29.1 Å². The van der Waals surface area contributed by atoms with Crippen LogP contribution in [0.5, 0.6) is 23.0 Å². The average Bonchev–Trinajstić information content (AvgIpc) is 3.49. The van der Waals surface area contributed by atoms with Gasteiger partial charge in [0.1, 0.15) is 40.0 Å². The lowest BCUT2D eigenvalue weighted by Gasteiger charge is -2.17. The van der Waals surface area contributed by atoms with E-state index in [0.29, 0.717) is 47.7 Å². The Hall–Kier alpha value is -4.84. The van der Waals surface area contributed by atoms with Gasteiger partial charge in [0.05, 0.1) is 0 Å². The molecular weight excluding hydrogens is 480 g/mol. The number of aromatic nitrogens is 3. The van der Waals surface area contributed by atoms with E-state index in [9.17, 15) is 10.1 Å². The van der Waals surface area contributed by atoms with Gasteiger partial charge in [0, 0.05) is 31.4 Å². The summed E-state index contributed by atoms with van der Waals surface area (Å²) in [5, 5.41) is 21.0. The summed E-state index contributed by atoms with van der Waals surface area (Å²) < 4.78 is 12.1. The molecule has 1 aliphatic carbocycles.